The molecule has 36 heavy (non-hydrogen) atoms. The molecule has 0 atom stereocenters. The minimum Gasteiger partial charge on any atom is -0.475 e. The zero-order chi connectivity index (χ0) is 26.7. The third-order valence-corrected chi connectivity index (χ3v) is 5.31. The minimum atomic E-state index is -5.08. The van der Waals surface area contributed by atoms with Gasteiger partial charge in [0.2, 0.25) is 5.91 Å². The van der Waals surface area contributed by atoms with Gasteiger partial charge in [-0.2, -0.15) is 18.4 Å². The van der Waals surface area contributed by atoms with Crippen LogP contribution in [0.15, 0.2) is 48.5 Å². The molecular weight excluding hydrogens is 477 g/mol. The highest BCUT2D eigenvalue weighted by Gasteiger charge is 2.38. The largest absolute Gasteiger partial charge is 0.490 e. The summed E-state index contributed by atoms with van der Waals surface area (Å²) in [6.07, 6.45) is -4.78. The van der Waals surface area contributed by atoms with E-state index in [2.05, 4.69) is 17.5 Å². The van der Waals surface area contributed by atoms with E-state index in [1.165, 1.54) is 0 Å². The van der Waals surface area contributed by atoms with Gasteiger partial charge in [0.25, 0.3) is 5.91 Å². The van der Waals surface area contributed by atoms with Gasteiger partial charge >= 0.3 is 12.1 Å². The van der Waals surface area contributed by atoms with Crippen LogP contribution in [0.25, 0.3) is 0 Å². The number of carboxylic acids is 1. The minimum absolute atomic E-state index is 0.0772. The predicted octanol–water partition coefficient (Wildman–Crippen LogP) is 2.96. The van der Waals surface area contributed by atoms with E-state index in [9.17, 15) is 22.8 Å². The second kappa shape index (κ2) is 13.3. The zero-order valence-corrected chi connectivity index (χ0v) is 19.7. The molecule has 8 nitrogen and oxygen atoms in total. The van der Waals surface area contributed by atoms with Crippen LogP contribution >= 0.6 is 0 Å². The molecule has 1 aliphatic heterocycles. The molecule has 0 bridgehead atoms. The lowest BCUT2D eigenvalue weighted by atomic mass is 10.1. The van der Waals surface area contributed by atoms with Crippen molar-refractivity contribution in [1.29, 1.82) is 5.26 Å². The lowest BCUT2D eigenvalue weighted by Gasteiger charge is -2.29. The Hall–Kier alpha value is -3.91. The number of nitriles is 1. The van der Waals surface area contributed by atoms with Gasteiger partial charge in [0.15, 0.2) is 0 Å². The molecule has 1 fully saturated rings. The Kier molecular flexibility index (Phi) is 10.4. The van der Waals surface area contributed by atoms with Crippen molar-refractivity contribution in [2.75, 3.05) is 32.7 Å². The number of carboxylic acid groups (broad SMARTS) is 1. The molecule has 0 saturated carbocycles. The van der Waals surface area contributed by atoms with Crippen LogP contribution in [0.1, 0.15) is 33.5 Å². The first-order chi connectivity index (χ1) is 17.0. The number of halogens is 3. The molecule has 2 aromatic carbocycles. The van der Waals surface area contributed by atoms with E-state index < -0.39 is 12.1 Å². The molecule has 0 aromatic heterocycles. The third kappa shape index (κ3) is 9.03. The number of carbonyl (C=O) groups excluding carboxylic acids is 2. The zero-order valence-electron chi connectivity index (χ0n) is 19.7. The summed E-state index contributed by atoms with van der Waals surface area (Å²) in [6, 6.07) is 16.7. The summed E-state index contributed by atoms with van der Waals surface area (Å²) in [6.45, 7) is 5.85. The molecule has 2 amide bonds. The lowest BCUT2D eigenvalue weighted by Crippen LogP contribution is -2.47. The molecule has 1 heterocycles. The molecule has 3 rings (SSSR count). The fourth-order valence-corrected chi connectivity index (χ4v) is 3.46. The SMILES string of the molecule is Cc1cccc(CN(CCC(=O)N2CCNCC2)C(=O)c2ccc(C#N)cc2)c1.O=C(O)C(F)(F)F. The summed E-state index contributed by atoms with van der Waals surface area (Å²) < 4.78 is 31.7. The molecule has 2 N–H and O–H groups in total. The number of piperazine rings is 1. The molecule has 11 heteroatoms. The second-order valence-corrected chi connectivity index (χ2v) is 8.09. The maximum Gasteiger partial charge on any atom is 0.490 e. The van der Waals surface area contributed by atoms with Gasteiger partial charge in [-0.15, -0.1) is 0 Å². The Labute approximate surface area is 206 Å². The summed E-state index contributed by atoms with van der Waals surface area (Å²) in [5.74, 6) is -2.81. The molecule has 2 aromatic rings. The van der Waals surface area contributed by atoms with E-state index in [0.29, 0.717) is 43.7 Å². The Bertz CT molecular complexity index is 1090. The van der Waals surface area contributed by atoms with Gasteiger partial charge < -0.3 is 20.2 Å². The van der Waals surface area contributed by atoms with E-state index in [4.69, 9.17) is 15.2 Å². The van der Waals surface area contributed by atoms with Crippen molar-refractivity contribution in [2.24, 2.45) is 0 Å². The molecular formula is C25H27F3N4O4. The smallest absolute Gasteiger partial charge is 0.475 e. The number of nitrogens with one attached hydrogen (secondary N) is 1. The standard InChI is InChI=1S/C23H26N4O2.C2HF3O2/c1-18-3-2-4-20(15-18)17-27(12-9-22(28)26-13-10-25-11-14-26)23(29)21-7-5-19(16-24)6-8-21;3-2(4,5)1(6)7/h2-8,15,25H,9-14,17H2,1H3;(H,6,7). The first-order valence-electron chi connectivity index (χ1n) is 11.1. The second-order valence-electron chi connectivity index (χ2n) is 8.09. The molecule has 1 aliphatic rings. The number of hydrogen-bond donors (Lipinski definition) is 2. The Balaban J connectivity index is 0.000000572. The van der Waals surface area contributed by atoms with Crippen molar-refractivity contribution in [1.82, 2.24) is 15.1 Å². The average molecular weight is 505 g/mol. The van der Waals surface area contributed by atoms with E-state index in [1.54, 1.807) is 29.2 Å². The normalized spacial score (nSPS) is 13.1. The van der Waals surface area contributed by atoms with Crippen molar-refractivity contribution in [3.8, 4) is 6.07 Å². The van der Waals surface area contributed by atoms with E-state index in [-0.39, 0.29) is 11.8 Å². The van der Waals surface area contributed by atoms with Gasteiger partial charge in [0.1, 0.15) is 0 Å². The first-order valence-corrected chi connectivity index (χ1v) is 11.1. The van der Waals surface area contributed by atoms with Gasteiger partial charge in [0.05, 0.1) is 11.6 Å². The molecule has 192 valence electrons. The van der Waals surface area contributed by atoms with Crippen LogP contribution in [-0.4, -0.2) is 71.6 Å². The molecule has 0 radical (unpaired) electrons. The predicted molar refractivity (Wildman–Crippen MR) is 125 cm³/mol. The quantitative estimate of drug-likeness (QED) is 0.626. The van der Waals surface area contributed by atoms with Crippen LogP contribution in [-0.2, 0) is 16.1 Å². The number of nitrogens with zero attached hydrogens (tertiary/aromatic N) is 3. The molecule has 0 unspecified atom stereocenters. The summed E-state index contributed by atoms with van der Waals surface area (Å²) in [5.41, 5.74) is 3.19. The highest BCUT2D eigenvalue weighted by Crippen LogP contribution is 2.14. The average Bonchev–Trinajstić information content (AvgIpc) is 2.86. The van der Waals surface area contributed by atoms with Crippen molar-refractivity contribution in [3.05, 3.63) is 70.8 Å². The topological polar surface area (TPSA) is 114 Å². The number of aliphatic carboxylic acids is 1. The summed E-state index contributed by atoms with van der Waals surface area (Å²) in [5, 5.41) is 19.3. The van der Waals surface area contributed by atoms with Crippen LogP contribution in [0, 0.1) is 18.3 Å². The highest BCUT2D eigenvalue weighted by molar-refractivity contribution is 5.94. The van der Waals surface area contributed by atoms with E-state index in [0.717, 1.165) is 24.2 Å². The molecule has 0 aliphatic carbocycles. The number of benzene rings is 2. The van der Waals surface area contributed by atoms with E-state index in [1.807, 2.05) is 30.0 Å². The van der Waals surface area contributed by atoms with Gasteiger partial charge in [-0.1, -0.05) is 29.8 Å². The fourth-order valence-electron chi connectivity index (χ4n) is 3.46. The van der Waals surface area contributed by atoms with Gasteiger partial charge in [-0.25, -0.2) is 4.79 Å². The van der Waals surface area contributed by atoms with Crippen LogP contribution in [0.5, 0.6) is 0 Å². The van der Waals surface area contributed by atoms with Gasteiger partial charge in [-0.05, 0) is 36.8 Å². The summed E-state index contributed by atoms with van der Waals surface area (Å²) in [7, 11) is 0. The van der Waals surface area contributed by atoms with Crippen molar-refractivity contribution >= 4 is 17.8 Å². The number of aryl methyl sites for hydroxylation is 1. The van der Waals surface area contributed by atoms with Crippen molar-refractivity contribution in [2.45, 2.75) is 26.1 Å². The van der Waals surface area contributed by atoms with Crippen molar-refractivity contribution in [3.63, 3.8) is 0 Å². The third-order valence-electron chi connectivity index (χ3n) is 5.31. The molecule has 1 saturated heterocycles. The van der Waals surface area contributed by atoms with Crippen LogP contribution in [0.3, 0.4) is 0 Å². The van der Waals surface area contributed by atoms with Gasteiger partial charge in [0, 0.05) is 51.3 Å². The van der Waals surface area contributed by atoms with Crippen LogP contribution in [0.2, 0.25) is 0 Å². The van der Waals surface area contributed by atoms with E-state index >= 15 is 0 Å². The first kappa shape index (κ1) is 28.3. The highest BCUT2D eigenvalue weighted by atomic mass is 19.4. The summed E-state index contributed by atoms with van der Waals surface area (Å²) in [4.78, 5) is 38.2. The summed E-state index contributed by atoms with van der Waals surface area (Å²) >= 11 is 0. The number of alkyl halides is 3. The monoisotopic (exact) mass is 504 g/mol. The lowest BCUT2D eigenvalue weighted by molar-refractivity contribution is -0.192. The number of carbonyl (C=O) groups is 3. The number of amides is 2. The van der Waals surface area contributed by atoms with Crippen LogP contribution < -0.4 is 5.32 Å². The number of rotatable bonds is 6. The maximum atomic E-state index is 13.1. The Morgan fingerprint density at radius 1 is 1.11 bits per heavy atom. The Morgan fingerprint density at radius 2 is 1.72 bits per heavy atom. The van der Waals surface area contributed by atoms with Gasteiger partial charge in [-0.3, -0.25) is 9.59 Å². The van der Waals surface area contributed by atoms with Crippen molar-refractivity contribution < 1.29 is 32.7 Å². The molecule has 0 spiro atoms. The number of hydrogen-bond acceptors (Lipinski definition) is 5. The maximum absolute atomic E-state index is 13.1. The van der Waals surface area contributed by atoms with Crippen LogP contribution in [0.4, 0.5) is 13.2 Å². The Morgan fingerprint density at radius 3 is 2.25 bits per heavy atom. The fraction of sp³-hybridized carbons (Fsp3) is 0.360.